The van der Waals surface area contributed by atoms with E-state index < -0.39 is 9.84 Å². The van der Waals surface area contributed by atoms with Crippen LogP contribution >= 0.6 is 0 Å². The minimum Gasteiger partial charge on any atom is -0.334 e. The average molecular weight is 434 g/mol. The van der Waals surface area contributed by atoms with E-state index in [1.165, 1.54) is 24.8 Å². The number of hydrogen-bond acceptors (Lipinski definition) is 3. The first-order chi connectivity index (χ1) is 14.3. The average Bonchev–Trinajstić information content (AvgIpc) is 3.10. The monoisotopic (exact) mass is 433 g/mol. The third-order valence-corrected chi connectivity index (χ3v) is 8.84. The Hall–Kier alpha value is -1.36. The molecule has 1 aliphatic heterocycles. The van der Waals surface area contributed by atoms with Gasteiger partial charge in [-0.1, -0.05) is 64.3 Å². The first-order valence-corrected chi connectivity index (χ1v) is 13.7. The Balaban J connectivity index is 1.70. The minimum atomic E-state index is -3.03. The zero-order valence-electron chi connectivity index (χ0n) is 19.0. The Labute approximate surface area is 183 Å². The predicted molar refractivity (Wildman–Crippen MR) is 123 cm³/mol. The van der Waals surface area contributed by atoms with Crippen LogP contribution in [-0.2, 0) is 21.2 Å². The Morgan fingerprint density at radius 3 is 2.27 bits per heavy atom. The smallest absolute Gasteiger partial charge is 0.226 e. The lowest BCUT2D eigenvalue weighted by molar-refractivity contribution is -0.139. The molecule has 0 bridgehead atoms. The number of amides is 1. The highest BCUT2D eigenvalue weighted by molar-refractivity contribution is 7.91. The number of hydrogen-bond donors (Lipinski definition) is 0. The molecule has 30 heavy (non-hydrogen) atoms. The van der Waals surface area contributed by atoms with E-state index in [1.807, 2.05) is 4.90 Å². The van der Waals surface area contributed by atoms with Gasteiger partial charge in [-0.25, -0.2) is 8.42 Å². The van der Waals surface area contributed by atoms with Gasteiger partial charge in [0.2, 0.25) is 5.91 Å². The molecule has 1 heterocycles. The van der Waals surface area contributed by atoms with Crippen molar-refractivity contribution in [3.8, 4) is 0 Å². The lowest BCUT2D eigenvalue weighted by Gasteiger charge is -2.35. The van der Waals surface area contributed by atoms with Gasteiger partial charge >= 0.3 is 0 Å². The van der Waals surface area contributed by atoms with Crippen molar-refractivity contribution >= 4 is 15.7 Å². The van der Waals surface area contributed by atoms with E-state index in [-0.39, 0.29) is 29.4 Å². The maximum Gasteiger partial charge on any atom is 0.226 e. The van der Waals surface area contributed by atoms with Gasteiger partial charge in [-0.3, -0.25) is 4.79 Å². The van der Waals surface area contributed by atoms with Gasteiger partial charge in [0.1, 0.15) is 0 Å². The molecular weight excluding hydrogens is 394 g/mol. The minimum absolute atomic E-state index is 0.0566. The van der Waals surface area contributed by atoms with Crippen molar-refractivity contribution in [1.29, 1.82) is 0 Å². The summed E-state index contributed by atoms with van der Waals surface area (Å²) in [6.07, 6.45) is 8.55. The molecular formula is C25H39NO3S. The molecule has 2 aliphatic rings. The van der Waals surface area contributed by atoms with Gasteiger partial charge in [-0.15, -0.1) is 0 Å². The summed E-state index contributed by atoms with van der Waals surface area (Å²) in [6, 6.07) is 8.28. The van der Waals surface area contributed by atoms with Crippen molar-refractivity contribution in [2.75, 3.05) is 11.5 Å². The van der Waals surface area contributed by atoms with E-state index in [4.69, 9.17) is 0 Å². The molecule has 0 radical (unpaired) electrons. The summed E-state index contributed by atoms with van der Waals surface area (Å²) in [5.41, 5.74) is 2.37. The number of nitrogens with zero attached hydrogens (tertiary/aromatic N) is 1. The standard InChI is InChI=1S/C25H39NO3S/c1-4-5-6-20-7-13-23(14-8-20)25(27)26(24-15-16-30(28,29)18-24)17-21-9-11-22(12-10-21)19(2)3/h9-12,19-20,23-24H,4-8,13-18H2,1-3H3. The van der Waals surface area contributed by atoms with Crippen molar-refractivity contribution in [3.63, 3.8) is 0 Å². The van der Waals surface area contributed by atoms with Crippen LogP contribution in [0.25, 0.3) is 0 Å². The van der Waals surface area contributed by atoms with E-state index in [0.717, 1.165) is 37.2 Å². The molecule has 1 atom stereocenters. The highest BCUT2D eigenvalue weighted by atomic mass is 32.2. The lowest BCUT2D eigenvalue weighted by atomic mass is 9.79. The first-order valence-electron chi connectivity index (χ1n) is 11.9. The summed E-state index contributed by atoms with van der Waals surface area (Å²) >= 11 is 0. The molecule has 1 unspecified atom stereocenters. The second kappa shape index (κ2) is 10.3. The van der Waals surface area contributed by atoms with E-state index in [2.05, 4.69) is 45.0 Å². The third kappa shape index (κ3) is 6.09. The number of benzene rings is 1. The van der Waals surface area contributed by atoms with Crippen molar-refractivity contribution in [2.45, 2.75) is 90.6 Å². The van der Waals surface area contributed by atoms with Gasteiger partial charge < -0.3 is 4.90 Å². The fourth-order valence-corrected chi connectivity index (χ4v) is 6.77. The molecule has 0 N–H and O–H groups in total. The summed E-state index contributed by atoms with van der Waals surface area (Å²) in [5, 5.41) is 0. The van der Waals surface area contributed by atoms with Crippen LogP contribution in [0.5, 0.6) is 0 Å². The summed E-state index contributed by atoms with van der Waals surface area (Å²) in [5.74, 6) is 1.80. The number of unbranched alkanes of at least 4 members (excludes halogenated alkanes) is 1. The molecule has 1 saturated heterocycles. The largest absolute Gasteiger partial charge is 0.334 e. The molecule has 0 aromatic heterocycles. The number of rotatable bonds is 8. The summed E-state index contributed by atoms with van der Waals surface area (Å²) in [4.78, 5) is 15.4. The van der Waals surface area contributed by atoms with E-state index in [0.29, 0.717) is 18.9 Å². The van der Waals surface area contributed by atoms with Gasteiger partial charge in [0, 0.05) is 18.5 Å². The molecule has 2 fully saturated rings. The second-order valence-electron chi connectivity index (χ2n) is 9.78. The van der Waals surface area contributed by atoms with Crippen molar-refractivity contribution in [1.82, 2.24) is 4.90 Å². The third-order valence-electron chi connectivity index (χ3n) is 7.09. The van der Waals surface area contributed by atoms with Gasteiger partial charge in [0.15, 0.2) is 9.84 Å². The fraction of sp³-hybridized carbons (Fsp3) is 0.720. The normalized spacial score (nSPS) is 26.1. The summed E-state index contributed by atoms with van der Waals surface area (Å²) in [6.45, 7) is 7.10. The molecule has 5 heteroatoms. The topological polar surface area (TPSA) is 54.5 Å². The molecule has 1 aromatic carbocycles. The van der Waals surface area contributed by atoms with Crippen LogP contribution in [0.4, 0.5) is 0 Å². The van der Waals surface area contributed by atoms with Gasteiger partial charge in [0.25, 0.3) is 0 Å². The number of carbonyl (C=O) groups excluding carboxylic acids is 1. The van der Waals surface area contributed by atoms with Crippen LogP contribution in [0.1, 0.15) is 89.2 Å². The van der Waals surface area contributed by atoms with E-state index in [9.17, 15) is 13.2 Å². The Morgan fingerprint density at radius 1 is 1.07 bits per heavy atom. The molecule has 4 nitrogen and oxygen atoms in total. The maximum atomic E-state index is 13.5. The number of carbonyl (C=O) groups is 1. The highest BCUT2D eigenvalue weighted by Crippen LogP contribution is 2.34. The van der Waals surface area contributed by atoms with Crippen LogP contribution in [0.3, 0.4) is 0 Å². The zero-order chi connectivity index (χ0) is 21.7. The molecule has 1 saturated carbocycles. The molecule has 1 aromatic rings. The van der Waals surface area contributed by atoms with Gasteiger partial charge in [-0.05, 0) is 55.1 Å². The molecule has 1 amide bonds. The maximum absolute atomic E-state index is 13.5. The first kappa shape index (κ1) is 23.3. The van der Waals surface area contributed by atoms with Crippen LogP contribution in [0, 0.1) is 11.8 Å². The van der Waals surface area contributed by atoms with Crippen molar-refractivity contribution in [2.24, 2.45) is 11.8 Å². The fourth-order valence-electron chi connectivity index (χ4n) is 5.04. The van der Waals surface area contributed by atoms with Crippen molar-refractivity contribution in [3.05, 3.63) is 35.4 Å². The molecule has 0 spiro atoms. The molecule has 1 aliphatic carbocycles. The highest BCUT2D eigenvalue weighted by Gasteiger charge is 2.38. The Morgan fingerprint density at radius 2 is 1.73 bits per heavy atom. The van der Waals surface area contributed by atoms with Crippen LogP contribution in [0.2, 0.25) is 0 Å². The van der Waals surface area contributed by atoms with Gasteiger partial charge in [-0.2, -0.15) is 0 Å². The Kier molecular flexibility index (Phi) is 8.00. The van der Waals surface area contributed by atoms with Gasteiger partial charge in [0.05, 0.1) is 11.5 Å². The van der Waals surface area contributed by atoms with Crippen LogP contribution in [-0.4, -0.2) is 36.8 Å². The number of sulfone groups is 1. The van der Waals surface area contributed by atoms with Crippen molar-refractivity contribution < 1.29 is 13.2 Å². The Bertz CT molecular complexity index is 792. The zero-order valence-corrected chi connectivity index (χ0v) is 19.8. The lowest BCUT2D eigenvalue weighted by Crippen LogP contribution is -2.44. The van der Waals surface area contributed by atoms with E-state index >= 15 is 0 Å². The summed E-state index contributed by atoms with van der Waals surface area (Å²) in [7, 11) is -3.03. The molecule has 3 rings (SSSR count). The molecule has 168 valence electrons. The SMILES string of the molecule is CCCCC1CCC(C(=O)N(Cc2ccc(C(C)C)cc2)C2CCS(=O)(=O)C2)CC1. The van der Waals surface area contributed by atoms with Crippen LogP contribution < -0.4 is 0 Å². The predicted octanol–water partition coefficient (Wildman–Crippen LogP) is 5.32. The quantitative estimate of drug-likeness (QED) is 0.557. The second-order valence-corrected chi connectivity index (χ2v) is 12.0. The van der Waals surface area contributed by atoms with Crippen LogP contribution in [0.15, 0.2) is 24.3 Å². The summed E-state index contributed by atoms with van der Waals surface area (Å²) < 4.78 is 24.2. The van der Waals surface area contributed by atoms with E-state index in [1.54, 1.807) is 0 Å².